The van der Waals surface area contributed by atoms with Crippen LogP contribution in [0.2, 0.25) is 0 Å². The molecule has 2 aromatic heterocycles. The first-order valence-corrected chi connectivity index (χ1v) is 11.9. The van der Waals surface area contributed by atoms with Gasteiger partial charge in [-0.25, -0.2) is 9.58 Å². The molecule has 0 saturated carbocycles. The number of nitrogens with one attached hydrogen (secondary N) is 1. The number of carbonyl (C=O) groups is 2. The van der Waals surface area contributed by atoms with Gasteiger partial charge in [0, 0.05) is 23.9 Å². The van der Waals surface area contributed by atoms with Crippen LogP contribution in [-0.4, -0.2) is 28.4 Å². The maximum absolute atomic E-state index is 14.0. The molecule has 0 spiro atoms. The van der Waals surface area contributed by atoms with Crippen LogP contribution in [0.4, 0.5) is 5.69 Å². The van der Waals surface area contributed by atoms with Gasteiger partial charge < -0.3 is 9.47 Å². The van der Waals surface area contributed by atoms with Crippen LogP contribution in [0.5, 0.6) is 11.5 Å². The second kappa shape index (κ2) is 8.63. The number of anilines is 1. The van der Waals surface area contributed by atoms with E-state index in [-0.39, 0.29) is 23.6 Å². The lowest BCUT2D eigenvalue weighted by Gasteiger charge is -2.14. The molecular weight excluding hydrogens is 472 g/mol. The Bertz CT molecular complexity index is 1650. The van der Waals surface area contributed by atoms with Crippen LogP contribution >= 0.6 is 0 Å². The monoisotopic (exact) mass is 495 g/mol. The van der Waals surface area contributed by atoms with Gasteiger partial charge in [-0.2, -0.15) is 4.57 Å². The number of pyridine rings is 1. The fraction of sp³-hybridized carbons (Fsp3) is 0.143. The number of benzene rings is 2. The Morgan fingerprint density at radius 3 is 2.35 bits per heavy atom. The predicted octanol–water partition coefficient (Wildman–Crippen LogP) is 2.99. The number of aryl methyl sites for hydroxylation is 2. The van der Waals surface area contributed by atoms with Crippen LogP contribution in [0.3, 0.4) is 0 Å². The van der Waals surface area contributed by atoms with Crippen LogP contribution < -0.4 is 24.5 Å². The number of fused-ring (bicyclic) bond motifs is 1. The highest BCUT2D eigenvalue weighted by Crippen LogP contribution is 2.39. The fourth-order valence-corrected chi connectivity index (χ4v) is 4.65. The molecule has 2 aliphatic heterocycles. The average Bonchev–Trinajstić information content (AvgIpc) is 3.58. The molecule has 0 bridgehead atoms. The highest BCUT2D eigenvalue weighted by Gasteiger charge is 2.48. The molecule has 2 amide bonds. The predicted molar refractivity (Wildman–Crippen MR) is 135 cm³/mol. The Labute approximate surface area is 211 Å². The van der Waals surface area contributed by atoms with Crippen molar-refractivity contribution in [1.82, 2.24) is 9.78 Å². The Hall–Kier alpha value is -4.92. The first kappa shape index (κ1) is 22.5. The molecule has 6 rings (SSSR count). The fourth-order valence-electron chi connectivity index (χ4n) is 4.65. The summed E-state index contributed by atoms with van der Waals surface area (Å²) in [5, 5.41) is 3.14. The van der Waals surface area contributed by atoms with E-state index in [9.17, 15) is 14.4 Å². The molecule has 0 fully saturated rings. The van der Waals surface area contributed by atoms with Crippen molar-refractivity contribution >= 4 is 28.8 Å². The first-order valence-electron chi connectivity index (χ1n) is 11.9. The number of ether oxygens (including phenoxy) is 2. The van der Waals surface area contributed by atoms with E-state index in [4.69, 9.17) is 9.47 Å². The second-order valence-corrected chi connectivity index (χ2v) is 8.78. The summed E-state index contributed by atoms with van der Waals surface area (Å²) in [6, 6.07) is 17.7. The minimum absolute atomic E-state index is 0.0456. The highest BCUT2D eigenvalue weighted by molar-refractivity contribution is 6.53. The Kier molecular flexibility index (Phi) is 5.26. The summed E-state index contributed by atoms with van der Waals surface area (Å²) >= 11 is 0. The van der Waals surface area contributed by atoms with Gasteiger partial charge in [0.15, 0.2) is 23.9 Å². The summed E-state index contributed by atoms with van der Waals surface area (Å²) in [5.74, 6) is -0.146. The van der Waals surface area contributed by atoms with Crippen molar-refractivity contribution in [3.05, 3.63) is 100 Å². The van der Waals surface area contributed by atoms with Crippen LogP contribution in [-0.2, 0) is 16.0 Å². The van der Waals surface area contributed by atoms with Gasteiger partial charge in [-0.15, -0.1) is 0 Å². The van der Waals surface area contributed by atoms with Crippen molar-refractivity contribution < 1.29 is 23.6 Å². The van der Waals surface area contributed by atoms with E-state index in [0.717, 1.165) is 10.5 Å². The van der Waals surface area contributed by atoms with E-state index in [2.05, 4.69) is 5.10 Å². The molecule has 0 unspecified atom stereocenters. The number of aromatic nitrogens is 3. The number of imide groups is 1. The zero-order chi connectivity index (χ0) is 25.7. The molecule has 4 aromatic rings. The largest absolute Gasteiger partial charge is 0.454 e. The van der Waals surface area contributed by atoms with Gasteiger partial charge in [0.2, 0.25) is 6.79 Å². The maximum Gasteiger partial charge on any atom is 0.331 e. The quantitative estimate of drug-likeness (QED) is 0.339. The summed E-state index contributed by atoms with van der Waals surface area (Å²) in [6.07, 6.45) is 3.88. The third-order valence-corrected chi connectivity index (χ3v) is 6.51. The zero-order valence-corrected chi connectivity index (χ0v) is 20.2. The van der Waals surface area contributed by atoms with Crippen LogP contribution in [0.15, 0.2) is 77.9 Å². The minimum atomic E-state index is -0.585. The molecule has 184 valence electrons. The number of nitrogens with zero attached hydrogens (tertiary/aromatic N) is 3. The molecule has 0 saturated heterocycles. The van der Waals surface area contributed by atoms with Crippen molar-refractivity contribution in [2.24, 2.45) is 0 Å². The number of rotatable bonds is 5. The lowest BCUT2D eigenvalue weighted by atomic mass is 10.0. The van der Waals surface area contributed by atoms with Gasteiger partial charge in [-0.05, 0) is 43.2 Å². The molecule has 0 atom stereocenters. The Balaban J connectivity index is 1.58. The van der Waals surface area contributed by atoms with Crippen LogP contribution in [0.1, 0.15) is 23.7 Å². The van der Waals surface area contributed by atoms with Crippen molar-refractivity contribution in [1.29, 1.82) is 0 Å². The first-order chi connectivity index (χ1) is 18.0. The number of carbonyl (C=O) groups excluding carboxylic acids is 2. The van der Waals surface area contributed by atoms with E-state index in [1.807, 2.05) is 44.2 Å². The highest BCUT2D eigenvalue weighted by atomic mass is 16.7. The summed E-state index contributed by atoms with van der Waals surface area (Å²) in [4.78, 5) is 42.8. The molecule has 37 heavy (non-hydrogen) atoms. The third kappa shape index (κ3) is 3.55. The number of aromatic amines is 1. The van der Waals surface area contributed by atoms with Crippen LogP contribution in [0.25, 0.3) is 17.0 Å². The zero-order valence-electron chi connectivity index (χ0n) is 20.2. The van der Waals surface area contributed by atoms with Gasteiger partial charge in [-0.3, -0.25) is 19.5 Å². The smallest absolute Gasteiger partial charge is 0.331 e. The Morgan fingerprint density at radius 1 is 0.892 bits per heavy atom. The number of hydrogen-bond donors (Lipinski definition) is 1. The van der Waals surface area contributed by atoms with Crippen molar-refractivity contribution in [3.63, 3.8) is 0 Å². The van der Waals surface area contributed by atoms with Gasteiger partial charge in [0.1, 0.15) is 5.57 Å². The van der Waals surface area contributed by atoms with Gasteiger partial charge in [0.05, 0.1) is 16.9 Å². The number of amides is 2. The number of para-hydroxylation sites is 1. The SMILES string of the molecule is CCc1[nH]n(-c2ccccc2)c(=O)c1C1=C([n+]2ccc(C)cc2)C(=O)N(c2ccc3c(c2)OCO3)C1=O. The molecule has 0 radical (unpaired) electrons. The van der Waals surface area contributed by atoms with Crippen molar-refractivity contribution in [2.75, 3.05) is 11.7 Å². The Morgan fingerprint density at radius 2 is 1.62 bits per heavy atom. The topological polar surface area (TPSA) is 97.5 Å². The van der Waals surface area contributed by atoms with Crippen LogP contribution in [0, 0.1) is 6.92 Å². The molecule has 2 aliphatic rings. The molecule has 0 aliphatic carbocycles. The standard InChI is InChI=1S/C28H22N4O5/c1-3-20-23(27(34)32(29-20)18-7-5-4-6-8-18)24-25(30-13-11-17(2)12-14-30)28(35)31(26(24)33)19-9-10-21-22(15-19)37-16-36-21/h4-15H,3,16H2,1-2H3/p+1. The third-order valence-electron chi connectivity index (χ3n) is 6.51. The molecule has 4 heterocycles. The lowest BCUT2D eigenvalue weighted by Crippen LogP contribution is -2.39. The molecule has 2 aromatic carbocycles. The van der Waals surface area contributed by atoms with E-state index in [1.54, 1.807) is 47.3 Å². The number of hydrogen-bond acceptors (Lipinski definition) is 5. The molecule has 9 nitrogen and oxygen atoms in total. The lowest BCUT2D eigenvalue weighted by molar-refractivity contribution is -0.576. The molecule has 1 N–H and O–H groups in total. The summed E-state index contributed by atoms with van der Waals surface area (Å²) < 4.78 is 13.8. The summed E-state index contributed by atoms with van der Waals surface area (Å²) in [7, 11) is 0. The second-order valence-electron chi connectivity index (χ2n) is 8.78. The van der Waals surface area contributed by atoms with Gasteiger partial charge >= 0.3 is 5.91 Å². The maximum atomic E-state index is 14.0. The van der Waals surface area contributed by atoms with E-state index in [0.29, 0.717) is 35.0 Å². The van der Waals surface area contributed by atoms with Crippen molar-refractivity contribution in [2.45, 2.75) is 20.3 Å². The normalized spacial score (nSPS) is 14.7. The number of H-pyrrole nitrogens is 1. The average molecular weight is 496 g/mol. The minimum Gasteiger partial charge on any atom is -0.454 e. The van der Waals surface area contributed by atoms with Gasteiger partial charge in [0.25, 0.3) is 17.2 Å². The molecular formula is C28H23N4O5+. The molecule has 9 heteroatoms. The summed E-state index contributed by atoms with van der Waals surface area (Å²) in [5.41, 5.74) is 2.43. The van der Waals surface area contributed by atoms with E-state index in [1.165, 1.54) is 4.68 Å². The van der Waals surface area contributed by atoms with E-state index >= 15 is 0 Å². The summed E-state index contributed by atoms with van der Waals surface area (Å²) in [6.45, 7) is 3.89. The van der Waals surface area contributed by atoms with Crippen molar-refractivity contribution in [3.8, 4) is 17.2 Å². The van der Waals surface area contributed by atoms with E-state index < -0.39 is 17.4 Å². The van der Waals surface area contributed by atoms with Gasteiger partial charge in [-0.1, -0.05) is 25.1 Å².